The molecular weight excluding hydrogens is 526 g/mol. The number of carbonyl (C=O) groups is 1. The lowest BCUT2D eigenvalue weighted by Crippen LogP contribution is -2.44. The fourth-order valence-corrected chi connectivity index (χ4v) is 5.24. The topological polar surface area (TPSA) is 103 Å². The standard InChI is InChI=1S/C30H24F2N8O/c31-25-11-19(13-27(28(25)32)39-8-5-33-6-9-39)20-10-22-23(16-36-29(22)35-14-20)18-3-7-40-26(12-18)24(17-37-40)30(41)38-21-2-1-4-34-15-21/h1-4,7,10-17,33H,5-6,8-9H2,(H,35,36)(H,38,41). The lowest BCUT2D eigenvalue weighted by atomic mass is 10.0. The van der Waals surface area contributed by atoms with Crippen molar-refractivity contribution in [3.63, 3.8) is 0 Å². The van der Waals surface area contributed by atoms with E-state index in [-0.39, 0.29) is 11.6 Å². The van der Waals surface area contributed by atoms with Crippen molar-refractivity contribution in [1.29, 1.82) is 0 Å². The van der Waals surface area contributed by atoms with Gasteiger partial charge in [0.25, 0.3) is 5.91 Å². The highest BCUT2D eigenvalue weighted by Gasteiger charge is 2.20. The van der Waals surface area contributed by atoms with E-state index in [9.17, 15) is 13.6 Å². The van der Waals surface area contributed by atoms with Gasteiger partial charge < -0.3 is 20.5 Å². The van der Waals surface area contributed by atoms with E-state index in [0.717, 1.165) is 16.5 Å². The van der Waals surface area contributed by atoms with Gasteiger partial charge in [-0.25, -0.2) is 18.3 Å². The summed E-state index contributed by atoms with van der Waals surface area (Å²) in [7, 11) is 0. The fourth-order valence-electron chi connectivity index (χ4n) is 5.24. The van der Waals surface area contributed by atoms with Crippen molar-refractivity contribution in [1.82, 2.24) is 29.9 Å². The van der Waals surface area contributed by atoms with Gasteiger partial charge in [-0.1, -0.05) is 0 Å². The highest BCUT2D eigenvalue weighted by molar-refractivity contribution is 6.09. The summed E-state index contributed by atoms with van der Waals surface area (Å²) in [6, 6.07) is 12.1. The van der Waals surface area contributed by atoms with E-state index < -0.39 is 11.6 Å². The van der Waals surface area contributed by atoms with Gasteiger partial charge in [0, 0.05) is 67.5 Å². The zero-order valence-electron chi connectivity index (χ0n) is 21.7. The molecule has 0 unspecified atom stereocenters. The van der Waals surface area contributed by atoms with Crippen LogP contribution in [-0.2, 0) is 0 Å². The van der Waals surface area contributed by atoms with Gasteiger partial charge in [0.05, 0.1) is 34.8 Å². The van der Waals surface area contributed by atoms with Crippen LogP contribution in [0.1, 0.15) is 10.4 Å². The first kappa shape index (κ1) is 24.9. The molecule has 11 heteroatoms. The number of carbonyl (C=O) groups excluding carboxylic acids is 1. The minimum Gasteiger partial charge on any atom is -0.367 e. The Hall–Kier alpha value is -5.16. The Morgan fingerprint density at radius 3 is 2.68 bits per heavy atom. The molecule has 41 heavy (non-hydrogen) atoms. The van der Waals surface area contributed by atoms with E-state index in [1.165, 1.54) is 12.3 Å². The van der Waals surface area contributed by atoms with E-state index in [1.807, 2.05) is 29.3 Å². The molecule has 204 valence electrons. The first-order valence-corrected chi connectivity index (χ1v) is 13.2. The summed E-state index contributed by atoms with van der Waals surface area (Å²) in [4.78, 5) is 26.7. The van der Waals surface area contributed by atoms with Gasteiger partial charge >= 0.3 is 0 Å². The Labute approximate surface area is 232 Å². The van der Waals surface area contributed by atoms with Crippen LogP contribution >= 0.6 is 0 Å². The number of aromatic nitrogens is 5. The van der Waals surface area contributed by atoms with Crippen molar-refractivity contribution in [3.05, 3.63) is 96.8 Å². The molecule has 5 aromatic heterocycles. The third-order valence-corrected chi connectivity index (χ3v) is 7.33. The number of benzene rings is 1. The first-order chi connectivity index (χ1) is 20.0. The van der Waals surface area contributed by atoms with Crippen LogP contribution in [0.2, 0.25) is 0 Å². The number of nitrogens with one attached hydrogen (secondary N) is 3. The smallest absolute Gasteiger partial charge is 0.259 e. The molecule has 1 amide bonds. The van der Waals surface area contributed by atoms with Crippen molar-refractivity contribution in [3.8, 4) is 22.3 Å². The molecule has 6 aromatic rings. The van der Waals surface area contributed by atoms with Gasteiger partial charge in [0.2, 0.25) is 0 Å². The summed E-state index contributed by atoms with van der Waals surface area (Å²) < 4.78 is 31.2. The number of aromatic amines is 1. The monoisotopic (exact) mass is 550 g/mol. The second-order valence-electron chi connectivity index (χ2n) is 9.85. The molecule has 3 N–H and O–H groups in total. The number of fused-ring (bicyclic) bond motifs is 2. The normalized spacial score (nSPS) is 13.7. The molecular formula is C30H24F2N8O. The minimum atomic E-state index is -0.895. The Morgan fingerprint density at radius 2 is 1.85 bits per heavy atom. The molecule has 1 fully saturated rings. The van der Waals surface area contributed by atoms with E-state index in [1.54, 1.807) is 47.5 Å². The third kappa shape index (κ3) is 4.55. The Kier molecular flexibility index (Phi) is 6.12. The SMILES string of the molecule is O=C(Nc1cccnc1)c1cnn2ccc(-c3c[nH]c4ncc(-c5cc(F)c(F)c(N6CCNCC6)c5)cc34)cc12. The van der Waals surface area contributed by atoms with Gasteiger partial charge in [-0.05, 0) is 53.6 Å². The van der Waals surface area contributed by atoms with Crippen molar-refractivity contribution in [2.24, 2.45) is 0 Å². The number of halogens is 2. The average Bonchev–Trinajstić information content (AvgIpc) is 3.63. The molecule has 7 rings (SSSR count). The van der Waals surface area contributed by atoms with Crippen LogP contribution in [0.5, 0.6) is 0 Å². The van der Waals surface area contributed by atoms with Crippen molar-refractivity contribution in [2.75, 3.05) is 36.4 Å². The number of pyridine rings is 3. The Balaban J connectivity index is 1.27. The molecule has 1 saturated heterocycles. The number of hydrogen-bond donors (Lipinski definition) is 3. The molecule has 0 aliphatic carbocycles. The van der Waals surface area contributed by atoms with Gasteiger partial charge in [0.1, 0.15) is 5.65 Å². The van der Waals surface area contributed by atoms with Gasteiger partial charge in [0.15, 0.2) is 11.6 Å². The molecule has 0 bridgehead atoms. The van der Waals surface area contributed by atoms with Crippen molar-refractivity contribution < 1.29 is 13.6 Å². The van der Waals surface area contributed by atoms with Gasteiger partial charge in [-0.3, -0.25) is 9.78 Å². The lowest BCUT2D eigenvalue weighted by molar-refractivity contribution is 0.102. The average molecular weight is 551 g/mol. The quantitative estimate of drug-likeness (QED) is 0.283. The number of piperazine rings is 1. The summed E-state index contributed by atoms with van der Waals surface area (Å²) in [5.74, 6) is -2.04. The number of rotatable bonds is 5. The predicted molar refractivity (Wildman–Crippen MR) is 153 cm³/mol. The van der Waals surface area contributed by atoms with E-state index in [4.69, 9.17) is 0 Å². The second-order valence-corrected chi connectivity index (χ2v) is 9.85. The van der Waals surface area contributed by atoms with E-state index in [0.29, 0.717) is 59.7 Å². The summed E-state index contributed by atoms with van der Waals surface area (Å²) >= 11 is 0. The molecule has 1 aromatic carbocycles. The number of nitrogens with zero attached hydrogens (tertiary/aromatic N) is 5. The molecule has 1 aliphatic heterocycles. The minimum absolute atomic E-state index is 0.249. The van der Waals surface area contributed by atoms with Gasteiger partial charge in [-0.15, -0.1) is 0 Å². The Bertz CT molecular complexity index is 1910. The summed E-state index contributed by atoms with van der Waals surface area (Å²) in [6.45, 7) is 2.61. The van der Waals surface area contributed by atoms with Crippen molar-refractivity contribution >= 4 is 33.8 Å². The fraction of sp³-hybridized carbons (Fsp3) is 0.133. The van der Waals surface area contributed by atoms with E-state index >= 15 is 0 Å². The third-order valence-electron chi connectivity index (χ3n) is 7.33. The maximum absolute atomic E-state index is 14.8. The molecule has 0 saturated carbocycles. The number of amides is 1. The van der Waals surface area contributed by atoms with Crippen LogP contribution in [0.15, 0.2) is 79.6 Å². The van der Waals surface area contributed by atoms with E-state index in [2.05, 4.69) is 30.7 Å². The Morgan fingerprint density at radius 1 is 0.976 bits per heavy atom. The zero-order valence-corrected chi connectivity index (χ0v) is 21.7. The molecule has 9 nitrogen and oxygen atoms in total. The van der Waals surface area contributed by atoms with Crippen LogP contribution in [0.3, 0.4) is 0 Å². The summed E-state index contributed by atoms with van der Waals surface area (Å²) in [5, 5.41) is 11.2. The molecule has 0 radical (unpaired) electrons. The van der Waals surface area contributed by atoms with Crippen LogP contribution in [0, 0.1) is 11.6 Å². The van der Waals surface area contributed by atoms with Crippen LogP contribution in [0.25, 0.3) is 38.8 Å². The molecule has 0 atom stereocenters. The maximum atomic E-state index is 14.8. The second kappa shape index (κ2) is 10.1. The molecule has 6 heterocycles. The number of hydrogen-bond acceptors (Lipinski definition) is 6. The predicted octanol–water partition coefficient (Wildman–Crippen LogP) is 4.88. The highest BCUT2D eigenvalue weighted by Crippen LogP contribution is 2.34. The first-order valence-electron chi connectivity index (χ1n) is 13.2. The highest BCUT2D eigenvalue weighted by atomic mass is 19.2. The number of H-pyrrole nitrogens is 1. The molecule has 0 spiro atoms. The van der Waals surface area contributed by atoms with Crippen molar-refractivity contribution in [2.45, 2.75) is 0 Å². The van der Waals surface area contributed by atoms with Crippen LogP contribution in [-0.4, -0.2) is 56.7 Å². The maximum Gasteiger partial charge on any atom is 0.259 e. The van der Waals surface area contributed by atoms with Crippen LogP contribution < -0.4 is 15.5 Å². The zero-order chi connectivity index (χ0) is 27.9. The lowest BCUT2D eigenvalue weighted by Gasteiger charge is -2.30. The van der Waals surface area contributed by atoms with Crippen LogP contribution in [0.4, 0.5) is 20.2 Å². The summed E-state index contributed by atoms with van der Waals surface area (Å²) in [5.41, 5.74) is 5.42. The molecule has 1 aliphatic rings. The summed E-state index contributed by atoms with van der Waals surface area (Å²) in [6.07, 6.45) is 10.0. The number of anilines is 2. The largest absolute Gasteiger partial charge is 0.367 e. The van der Waals surface area contributed by atoms with Gasteiger partial charge in [-0.2, -0.15) is 5.10 Å².